The van der Waals surface area contributed by atoms with E-state index in [1.807, 2.05) is 0 Å². The van der Waals surface area contributed by atoms with Gasteiger partial charge in [-0.25, -0.2) is 9.59 Å². The second kappa shape index (κ2) is 6.06. The Labute approximate surface area is 141 Å². The zero-order chi connectivity index (χ0) is 17.6. The summed E-state index contributed by atoms with van der Waals surface area (Å²) in [7, 11) is 0. The van der Waals surface area contributed by atoms with E-state index in [0.717, 1.165) is 24.0 Å². The SMILES string of the molecule is C=C(CO)C(=O)O[C@H]1CC(=C)[C@@H]2CCC(=C)[C@@H]2[C@H]2OC(=O)C(=C)[C@@H]21. The van der Waals surface area contributed by atoms with Crippen LogP contribution in [0.2, 0.25) is 0 Å². The van der Waals surface area contributed by atoms with Crippen molar-refractivity contribution in [2.75, 3.05) is 6.61 Å². The number of carbonyl (C=O) groups is 2. The van der Waals surface area contributed by atoms with Crippen LogP contribution in [-0.2, 0) is 19.1 Å². The summed E-state index contributed by atoms with van der Waals surface area (Å²) in [5.74, 6) is -1.37. The van der Waals surface area contributed by atoms with Crippen LogP contribution < -0.4 is 0 Å². The van der Waals surface area contributed by atoms with Crippen LogP contribution in [0.4, 0.5) is 0 Å². The first-order chi connectivity index (χ1) is 11.3. The predicted molar refractivity (Wildman–Crippen MR) is 87.7 cm³/mol. The van der Waals surface area contributed by atoms with Crippen molar-refractivity contribution in [1.82, 2.24) is 0 Å². The second-order valence-electron chi connectivity index (χ2n) is 6.82. The molecule has 3 aliphatic rings. The molecule has 5 atom stereocenters. The molecule has 0 aromatic heterocycles. The molecular formula is C19H22O5. The molecule has 0 amide bonds. The van der Waals surface area contributed by atoms with E-state index in [1.54, 1.807) is 0 Å². The fourth-order valence-corrected chi connectivity index (χ4v) is 4.17. The van der Waals surface area contributed by atoms with E-state index in [2.05, 4.69) is 26.3 Å². The molecule has 5 heteroatoms. The van der Waals surface area contributed by atoms with Crippen LogP contribution in [0.15, 0.2) is 48.6 Å². The molecule has 0 bridgehead atoms. The lowest BCUT2D eigenvalue weighted by atomic mass is 9.81. The van der Waals surface area contributed by atoms with Gasteiger partial charge in [0.15, 0.2) is 0 Å². The third-order valence-electron chi connectivity index (χ3n) is 5.42. The highest BCUT2D eigenvalue weighted by Gasteiger charge is 2.55. The molecule has 1 heterocycles. The Morgan fingerprint density at radius 1 is 1.25 bits per heavy atom. The number of fused-ring (bicyclic) bond motifs is 3. The number of rotatable bonds is 3. The van der Waals surface area contributed by atoms with Crippen LogP contribution in [0.25, 0.3) is 0 Å². The van der Waals surface area contributed by atoms with Crippen LogP contribution in [-0.4, -0.2) is 35.9 Å². The third-order valence-corrected chi connectivity index (χ3v) is 5.42. The van der Waals surface area contributed by atoms with Crippen LogP contribution in [0.5, 0.6) is 0 Å². The highest BCUT2D eigenvalue weighted by atomic mass is 16.6. The maximum absolute atomic E-state index is 12.1. The van der Waals surface area contributed by atoms with Crippen LogP contribution in [0.3, 0.4) is 0 Å². The van der Waals surface area contributed by atoms with Gasteiger partial charge in [0.2, 0.25) is 0 Å². The van der Waals surface area contributed by atoms with Gasteiger partial charge in [0.1, 0.15) is 12.2 Å². The molecular weight excluding hydrogens is 308 g/mol. The molecule has 2 saturated carbocycles. The lowest BCUT2D eigenvalue weighted by molar-refractivity contribution is -0.148. The molecule has 0 aromatic carbocycles. The number of esters is 2. The summed E-state index contributed by atoms with van der Waals surface area (Å²) in [5, 5.41) is 9.06. The molecule has 5 nitrogen and oxygen atoms in total. The van der Waals surface area contributed by atoms with E-state index in [9.17, 15) is 9.59 Å². The fourth-order valence-electron chi connectivity index (χ4n) is 4.17. The average Bonchev–Trinajstić information content (AvgIpc) is 3.02. The molecule has 0 aromatic rings. The van der Waals surface area contributed by atoms with Crippen molar-refractivity contribution >= 4 is 11.9 Å². The minimum Gasteiger partial charge on any atom is -0.458 e. The van der Waals surface area contributed by atoms with Crippen LogP contribution >= 0.6 is 0 Å². The smallest absolute Gasteiger partial charge is 0.336 e. The van der Waals surface area contributed by atoms with Gasteiger partial charge in [-0.05, 0) is 18.8 Å². The maximum Gasteiger partial charge on any atom is 0.336 e. The van der Waals surface area contributed by atoms with E-state index in [4.69, 9.17) is 14.6 Å². The molecule has 3 fully saturated rings. The van der Waals surface area contributed by atoms with Crippen molar-refractivity contribution < 1.29 is 24.2 Å². The normalized spacial score (nSPS) is 35.1. The Morgan fingerprint density at radius 3 is 2.62 bits per heavy atom. The molecule has 0 radical (unpaired) electrons. The summed E-state index contributed by atoms with van der Waals surface area (Å²) in [6, 6.07) is 0. The van der Waals surface area contributed by atoms with Crippen molar-refractivity contribution in [2.24, 2.45) is 17.8 Å². The summed E-state index contributed by atoms with van der Waals surface area (Å²) in [4.78, 5) is 24.1. The summed E-state index contributed by atoms with van der Waals surface area (Å²) in [6.07, 6.45) is 1.21. The molecule has 0 spiro atoms. The Balaban J connectivity index is 1.95. The van der Waals surface area contributed by atoms with Gasteiger partial charge in [-0.15, -0.1) is 0 Å². The van der Waals surface area contributed by atoms with E-state index >= 15 is 0 Å². The predicted octanol–water partition coefficient (Wildman–Crippen LogP) is 2.09. The van der Waals surface area contributed by atoms with Crippen molar-refractivity contribution in [3.05, 3.63) is 48.6 Å². The minimum atomic E-state index is -0.674. The third kappa shape index (κ3) is 2.53. The average molecular weight is 330 g/mol. The first-order valence-electron chi connectivity index (χ1n) is 8.09. The molecule has 24 heavy (non-hydrogen) atoms. The summed E-state index contributed by atoms with van der Waals surface area (Å²) in [5.41, 5.74) is 2.32. The second-order valence-corrected chi connectivity index (χ2v) is 6.82. The highest BCUT2D eigenvalue weighted by molar-refractivity contribution is 5.92. The number of ether oxygens (including phenoxy) is 2. The van der Waals surface area contributed by atoms with Gasteiger partial charge in [-0.2, -0.15) is 0 Å². The molecule has 128 valence electrons. The Kier molecular flexibility index (Phi) is 4.22. The number of aliphatic hydroxyl groups excluding tert-OH is 1. The van der Waals surface area contributed by atoms with Gasteiger partial charge in [0.25, 0.3) is 0 Å². The lowest BCUT2D eigenvalue weighted by Gasteiger charge is -2.28. The maximum atomic E-state index is 12.1. The van der Waals surface area contributed by atoms with Gasteiger partial charge in [-0.3, -0.25) is 0 Å². The van der Waals surface area contributed by atoms with Gasteiger partial charge in [-0.1, -0.05) is 37.5 Å². The van der Waals surface area contributed by atoms with E-state index in [1.165, 1.54) is 0 Å². The Hall–Kier alpha value is -2.14. The molecule has 1 saturated heterocycles. The van der Waals surface area contributed by atoms with Crippen LogP contribution in [0.1, 0.15) is 19.3 Å². The zero-order valence-corrected chi connectivity index (χ0v) is 13.6. The van der Waals surface area contributed by atoms with Crippen molar-refractivity contribution in [1.29, 1.82) is 0 Å². The van der Waals surface area contributed by atoms with Gasteiger partial charge < -0.3 is 14.6 Å². The summed E-state index contributed by atoms with van der Waals surface area (Å²) in [6.45, 7) is 15.2. The van der Waals surface area contributed by atoms with Crippen molar-refractivity contribution in [2.45, 2.75) is 31.5 Å². The quantitative estimate of drug-likeness (QED) is 0.487. The topological polar surface area (TPSA) is 72.8 Å². The molecule has 1 N–H and O–H groups in total. The van der Waals surface area contributed by atoms with E-state index in [-0.39, 0.29) is 17.4 Å². The Bertz CT molecular complexity index is 659. The Morgan fingerprint density at radius 2 is 1.96 bits per heavy atom. The van der Waals surface area contributed by atoms with E-state index < -0.39 is 36.7 Å². The van der Waals surface area contributed by atoms with Gasteiger partial charge >= 0.3 is 11.9 Å². The highest BCUT2D eigenvalue weighted by Crippen LogP contribution is 2.52. The van der Waals surface area contributed by atoms with Crippen LogP contribution in [0, 0.1) is 17.8 Å². The first kappa shape index (κ1) is 16.7. The molecule has 0 unspecified atom stereocenters. The molecule has 2 aliphatic carbocycles. The molecule has 1 aliphatic heterocycles. The monoisotopic (exact) mass is 330 g/mol. The fraction of sp³-hybridized carbons (Fsp3) is 0.474. The lowest BCUT2D eigenvalue weighted by Crippen LogP contribution is -2.36. The number of aliphatic hydroxyl groups is 1. The summed E-state index contributed by atoms with van der Waals surface area (Å²) >= 11 is 0. The largest absolute Gasteiger partial charge is 0.458 e. The van der Waals surface area contributed by atoms with Crippen molar-refractivity contribution in [3.8, 4) is 0 Å². The van der Waals surface area contributed by atoms with Gasteiger partial charge in [0.05, 0.1) is 18.1 Å². The zero-order valence-electron chi connectivity index (χ0n) is 13.6. The van der Waals surface area contributed by atoms with E-state index in [0.29, 0.717) is 12.0 Å². The summed E-state index contributed by atoms with van der Waals surface area (Å²) < 4.78 is 11.1. The standard InChI is InChI=1S/C19H22O5/c1-9-5-6-13-10(2)7-14(23-18(21)11(3)8-20)16-12(4)19(22)24-17(16)15(9)13/h13-17,20H,1-8H2/t13-,14-,15-,16+,17+/m0/s1. The minimum absolute atomic E-state index is 0.00422. The number of carbonyl (C=O) groups excluding carboxylic acids is 2. The first-order valence-corrected chi connectivity index (χ1v) is 8.09. The number of hydrogen-bond donors (Lipinski definition) is 1. The molecule has 3 rings (SSSR count). The van der Waals surface area contributed by atoms with Crippen molar-refractivity contribution in [3.63, 3.8) is 0 Å². The number of hydrogen-bond acceptors (Lipinski definition) is 5. The van der Waals surface area contributed by atoms with Gasteiger partial charge in [0, 0.05) is 17.9 Å².